The number of hydrogen-bond acceptors (Lipinski definition) is 0. The smallest absolute Gasteiger partial charge is 0.126 e. The van der Waals surface area contributed by atoms with Crippen LogP contribution in [-0.4, -0.2) is 0 Å². The van der Waals surface area contributed by atoms with E-state index in [2.05, 4.69) is 15.9 Å². The second-order valence-electron chi connectivity index (χ2n) is 4.01. The summed E-state index contributed by atoms with van der Waals surface area (Å²) in [5, 5.41) is 1.03. The third-order valence-corrected chi connectivity index (χ3v) is 4.58. The molecule has 94 valence electrons. The van der Waals surface area contributed by atoms with Gasteiger partial charge in [0.25, 0.3) is 0 Å². The second kappa shape index (κ2) is 5.60. The van der Waals surface area contributed by atoms with Crippen LogP contribution in [0.5, 0.6) is 0 Å². The molecular weight excluding hydrogens is 338 g/mol. The van der Waals surface area contributed by atoms with Crippen molar-refractivity contribution in [1.29, 1.82) is 0 Å². The van der Waals surface area contributed by atoms with Crippen molar-refractivity contribution >= 4 is 39.1 Å². The Balaban J connectivity index is 2.44. The molecule has 1 atom stereocenters. The SMILES string of the molecule is Cc1cc(C(Br)c2cccc(Cl)c2Cl)ccc1F. The van der Waals surface area contributed by atoms with Gasteiger partial charge in [-0.05, 0) is 35.7 Å². The van der Waals surface area contributed by atoms with Gasteiger partial charge in [-0.2, -0.15) is 0 Å². The number of alkyl halides is 1. The molecule has 2 aromatic rings. The monoisotopic (exact) mass is 346 g/mol. The molecule has 0 radical (unpaired) electrons. The van der Waals surface area contributed by atoms with E-state index in [4.69, 9.17) is 23.2 Å². The number of halogens is 4. The molecule has 0 fully saturated rings. The van der Waals surface area contributed by atoms with Gasteiger partial charge in [-0.15, -0.1) is 0 Å². The van der Waals surface area contributed by atoms with E-state index in [0.29, 0.717) is 15.6 Å². The molecule has 2 aromatic carbocycles. The lowest BCUT2D eigenvalue weighted by atomic mass is 10.0. The molecule has 0 aromatic heterocycles. The Bertz CT molecular complexity index is 584. The van der Waals surface area contributed by atoms with Crippen LogP contribution in [0.25, 0.3) is 0 Å². The van der Waals surface area contributed by atoms with Gasteiger partial charge in [0.05, 0.1) is 14.9 Å². The number of rotatable bonds is 2. The second-order valence-corrected chi connectivity index (χ2v) is 5.72. The Labute approximate surface area is 124 Å². The van der Waals surface area contributed by atoms with Crippen molar-refractivity contribution in [2.45, 2.75) is 11.8 Å². The van der Waals surface area contributed by atoms with Gasteiger partial charge in [-0.3, -0.25) is 0 Å². The molecule has 1 unspecified atom stereocenters. The van der Waals surface area contributed by atoms with Gasteiger partial charge in [-0.1, -0.05) is 63.4 Å². The van der Waals surface area contributed by atoms with Crippen molar-refractivity contribution in [3.63, 3.8) is 0 Å². The first-order valence-electron chi connectivity index (χ1n) is 5.34. The zero-order valence-corrected chi connectivity index (χ0v) is 12.7. The van der Waals surface area contributed by atoms with Crippen LogP contribution < -0.4 is 0 Å². The Morgan fingerprint density at radius 3 is 2.56 bits per heavy atom. The molecule has 0 amide bonds. The first-order chi connectivity index (χ1) is 8.50. The van der Waals surface area contributed by atoms with E-state index < -0.39 is 0 Å². The summed E-state index contributed by atoms with van der Waals surface area (Å²) in [5.74, 6) is -0.212. The van der Waals surface area contributed by atoms with Gasteiger partial charge < -0.3 is 0 Å². The Morgan fingerprint density at radius 1 is 1.17 bits per heavy atom. The van der Waals surface area contributed by atoms with Crippen LogP contribution in [-0.2, 0) is 0 Å². The lowest BCUT2D eigenvalue weighted by molar-refractivity contribution is 0.618. The van der Waals surface area contributed by atoms with Crippen molar-refractivity contribution in [3.05, 3.63) is 69.0 Å². The molecular formula is C14H10BrCl2F. The van der Waals surface area contributed by atoms with E-state index >= 15 is 0 Å². The van der Waals surface area contributed by atoms with Gasteiger partial charge >= 0.3 is 0 Å². The average molecular weight is 348 g/mol. The summed E-state index contributed by atoms with van der Waals surface area (Å²) in [5.41, 5.74) is 2.42. The lowest BCUT2D eigenvalue weighted by Gasteiger charge is -2.14. The summed E-state index contributed by atoms with van der Waals surface area (Å²) < 4.78 is 13.2. The molecule has 0 nitrogen and oxygen atoms in total. The number of hydrogen-bond donors (Lipinski definition) is 0. The van der Waals surface area contributed by atoms with Gasteiger partial charge in [0.15, 0.2) is 0 Å². The maximum absolute atomic E-state index is 13.2. The molecule has 18 heavy (non-hydrogen) atoms. The third-order valence-electron chi connectivity index (χ3n) is 2.73. The van der Waals surface area contributed by atoms with Gasteiger partial charge in [0.1, 0.15) is 5.82 Å². The predicted octanol–water partition coefficient (Wildman–Crippen LogP) is 5.93. The fraction of sp³-hybridized carbons (Fsp3) is 0.143. The molecule has 0 spiro atoms. The van der Waals surface area contributed by atoms with Crippen LogP contribution in [0.3, 0.4) is 0 Å². The molecule has 0 heterocycles. The van der Waals surface area contributed by atoms with Crippen LogP contribution in [0.1, 0.15) is 21.5 Å². The van der Waals surface area contributed by atoms with Crippen molar-refractivity contribution in [3.8, 4) is 0 Å². The van der Waals surface area contributed by atoms with Crippen molar-refractivity contribution in [2.75, 3.05) is 0 Å². The maximum Gasteiger partial charge on any atom is 0.126 e. The zero-order chi connectivity index (χ0) is 13.3. The summed E-state index contributed by atoms with van der Waals surface area (Å²) in [6.45, 7) is 1.73. The van der Waals surface area contributed by atoms with Crippen LogP contribution >= 0.6 is 39.1 Å². The molecule has 0 saturated heterocycles. The van der Waals surface area contributed by atoms with Gasteiger partial charge in [0.2, 0.25) is 0 Å². The highest BCUT2D eigenvalue weighted by Crippen LogP contribution is 2.38. The molecule has 4 heteroatoms. The minimum Gasteiger partial charge on any atom is -0.207 e. The van der Waals surface area contributed by atoms with Gasteiger partial charge in [0, 0.05) is 0 Å². The van der Waals surface area contributed by atoms with E-state index in [9.17, 15) is 4.39 Å². The fourth-order valence-electron chi connectivity index (χ4n) is 1.72. The van der Waals surface area contributed by atoms with Crippen LogP contribution in [0.15, 0.2) is 36.4 Å². The minimum absolute atomic E-state index is 0.108. The maximum atomic E-state index is 13.2. The third kappa shape index (κ3) is 2.71. The van der Waals surface area contributed by atoms with E-state index in [1.165, 1.54) is 6.07 Å². The van der Waals surface area contributed by atoms with Crippen molar-refractivity contribution in [2.24, 2.45) is 0 Å². The van der Waals surface area contributed by atoms with E-state index in [1.54, 1.807) is 25.1 Å². The zero-order valence-electron chi connectivity index (χ0n) is 9.55. The Hall–Kier alpha value is -0.570. The van der Waals surface area contributed by atoms with Crippen LogP contribution in [0.2, 0.25) is 10.0 Å². The summed E-state index contributed by atoms with van der Waals surface area (Å²) in [6, 6.07) is 10.5. The highest BCUT2D eigenvalue weighted by atomic mass is 79.9. The van der Waals surface area contributed by atoms with Crippen LogP contribution in [0, 0.1) is 12.7 Å². The molecule has 2 rings (SSSR count). The number of benzene rings is 2. The summed E-state index contributed by atoms with van der Waals surface area (Å²) in [4.78, 5) is -0.108. The normalized spacial score (nSPS) is 12.5. The number of aryl methyl sites for hydroxylation is 1. The Morgan fingerprint density at radius 2 is 1.89 bits per heavy atom. The Kier molecular flexibility index (Phi) is 4.31. The van der Waals surface area contributed by atoms with E-state index in [0.717, 1.165) is 11.1 Å². The summed E-state index contributed by atoms with van der Waals surface area (Å²) in [6.07, 6.45) is 0. The highest BCUT2D eigenvalue weighted by molar-refractivity contribution is 9.09. The quantitative estimate of drug-likeness (QED) is 0.591. The van der Waals surface area contributed by atoms with Crippen LogP contribution in [0.4, 0.5) is 4.39 Å². The molecule has 0 N–H and O–H groups in total. The fourth-order valence-corrected chi connectivity index (χ4v) is 2.94. The van der Waals surface area contributed by atoms with Gasteiger partial charge in [-0.25, -0.2) is 4.39 Å². The highest BCUT2D eigenvalue weighted by Gasteiger charge is 2.16. The summed E-state index contributed by atoms with van der Waals surface area (Å²) in [7, 11) is 0. The predicted molar refractivity (Wildman–Crippen MR) is 78.4 cm³/mol. The van der Waals surface area contributed by atoms with Crippen molar-refractivity contribution in [1.82, 2.24) is 0 Å². The largest absolute Gasteiger partial charge is 0.207 e. The molecule has 0 aliphatic carbocycles. The van der Waals surface area contributed by atoms with Crippen molar-refractivity contribution < 1.29 is 4.39 Å². The molecule has 0 saturated carbocycles. The average Bonchev–Trinajstić information content (AvgIpc) is 2.35. The minimum atomic E-state index is -0.212. The molecule has 0 aliphatic rings. The molecule has 0 bridgehead atoms. The lowest BCUT2D eigenvalue weighted by Crippen LogP contribution is -1.96. The topological polar surface area (TPSA) is 0 Å². The first kappa shape index (κ1) is 13.9. The summed E-state index contributed by atoms with van der Waals surface area (Å²) >= 11 is 15.7. The first-order valence-corrected chi connectivity index (χ1v) is 7.02. The van der Waals surface area contributed by atoms with E-state index in [-0.39, 0.29) is 10.6 Å². The van der Waals surface area contributed by atoms with E-state index in [1.807, 2.05) is 12.1 Å². The molecule has 0 aliphatic heterocycles. The standard InChI is InChI=1S/C14H10BrCl2F/c1-8-7-9(5-6-12(8)18)13(15)10-3-2-4-11(16)14(10)17/h2-7,13H,1H3.